The molecule has 1 heterocycles. The molecular weight excluding hydrogens is 210 g/mol. The molecule has 0 aliphatic carbocycles. The molecule has 0 saturated carbocycles. The molecule has 0 spiro atoms. The van der Waals surface area contributed by atoms with Crippen LogP contribution in [0.1, 0.15) is 0 Å². The number of benzene rings is 1. The molecule has 0 unspecified atom stereocenters. The molecule has 15 heavy (non-hydrogen) atoms. The zero-order chi connectivity index (χ0) is 10.5. The normalized spacial score (nSPS) is 15.7. The van der Waals surface area contributed by atoms with E-state index in [0.29, 0.717) is 0 Å². The van der Waals surface area contributed by atoms with Crippen LogP contribution >= 0.6 is 11.8 Å². The summed E-state index contributed by atoms with van der Waals surface area (Å²) in [4.78, 5) is 4.18. The molecule has 78 valence electrons. The van der Waals surface area contributed by atoms with Gasteiger partial charge in [0.1, 0.15) is 5.75 Å². The number of hydrogen-bond acceptors (Lipinski definition) is 5. The van der Waals surface area contributed by atoms with E-state index in [1.807, 2.05) is 24.3 Å². The maximum absolute atomic E-state index is 5.09. The quantitative estimate of drug-likeness (QED) is 0.721. The van der Waals surface area contributed by atoms with E-state index in [9.17, 15) is 0 Å². The Kier molecular flexibility index (Phi) is 3.34. The van der Waals surface area contributed by atoms with E-state index in [4.69, 9.17) is 4.74 Å². The van der Waals surface area contributed by atoms with Crippen LogP contribution in [0.4, 0.5) is 5.69 Å². The highest BCUT2D eigenvalue weighted by Gasteiger charge is 2.04. The lowest BCUT2D eigenvalue weighted by molar-refractivity contribution is 0.415. The Bertz CT molecular complexity index is 403. The molecule has 5 heteroatoms. The first-order valence-corrected chi connectivity index (χ1v) is 5.60. The summed E-state index contributed by atoms with van der Waals surface area (Å²) < 4.78 is 5.09. The van der Waals surface area contributed by atoms with Crippen LogP contribution in [0.2, 0.25) is 0 Å². The molecule has 0 radical (unpaired) electrons. The molecule has 1 aliphatic rings. The van der Waals surface area contributed by atoms with E-state index < -0.39 is 0 Å². The van der Waals surface area contributed by atoms with Crippen LogP contribution in [0.15, 0.2) is 39.5 Å². The first-order valence-electron chi connectivity index (χ1n) is 4.61. The van der Waals surface area contributed by atoms with Gasteiger partial charge in [-0.1, -0.05) is 17.8 Å². The van der Waals surface area contributed by atoms with E-state index in [-0.39, 0.29) is 0 Å². The Morgan fingerprint density at radius 3 is 3.07 bits per heavy atom. The average molecular weight is 221 g/mol. The molecule has 0 amide bonds. The van der Waals surface area contributed by atoms with Crippen LogP contribution < -0.4 is 4.74 Å². The minimum absolute atomic E-state index is 0.762. The summed E-state index contributed by atoms with van der Waals surface area (Å²) >= 11 is 1.63. The number of amidine groups is 1. The monoisotopic (exact) mass is 221 g/mol. The predicted octanol–water partition coefficient (Wildman–Crippen LogP) is 2.88. The number of hydrogen-bond donors (Lipinski definition) is 0. The highest BCUT2D eigenvalue weighted by atomic mass is 32.2. The van der Waals surface area contributed by atoms with Crippen LogP contribution in [-0.2, 0) is 0 Å². The van der Waals surface area contributed by atoms with Gasteiger partial charge in [0.25, 0.3) is 0 Å². The molecule has 2 rings (SSSR count). The van der Waals surface area contributed by atoms with Crippen molar-refractivity contribution in [2.75, 3.05) is 19.4 Å². The van der Waals surface area contributed by atoms with Crippen molar-refractivity contribution < 1.29 is 4.74 Å². The highest BCUT2D eigenvalue weighted by molar-refractivity contribution is 8.14. The minimum Gasteiger partial charge on any atom is -0.497 e. The molecule has 0 atom stereocenters. The zero-order valence-electron chi connectivity index (χ0n) is 8.38. The molecule has 0 saturated heterocycles. The number of thioether (sulfide) groups is 1. The smallest absolute Gasteiger partial charge is 0.204 e. The minimum atomic E-state index is 0.762. The fourth-order valence-electron chi connectivity index (χ4n) is 1.16. The maximum Gasteiger partial charge on any atom is 0.204 e. The number of aliphatic imine (C=N–C) groups is 1. The van der Waals surface area contributed by atoms with Crippen molar-refractivity contribution in [1.82, 2.24) is 0 Å². The van der Waals surface area contributed by atoms with E-state index in [1.54, 1.807) is 18.9 Å². The predicted molar refractivity (Wildman–Crippen MR) is 62.3 cm³/mol. The first-order chi connectivity index (χ1) is 7.38. The topological polar surface area (TPSA) is 46.3 Å². The summed E-state index contributed by atoms with van der Waals surface area (Å²) in [6, 6.07) is 7.48. The fourth-order valence-corrected chi connectivity index (χ4v) is 1.80. The summed E-state index contributed by atoms with van der Waals surface area (Å²) in [5.41, 5.74) is 0.782. The van der Waals surface area contributed by atoms with Crippen molar-refractivity contribution >= 4 is 22.6 Å². The number of methoxy groups -OCH3 is 1. The van der Waals surface area contributed by atoms with Crippen molar-refractivity contribution in [3.63, 3.8) is 0 Å². The number of rotatable bonds is 2. The van der Waals surface area contributed by atoms with Gasteiger partial charge in [0.2, 0.25) is 5.17 Å². The van der Waals surface area contributed by atoms with Crippen molar-refractivity contribution in [2.45, 2.75) is 0 Å². The first kappa shape index (κ1) is 10.2. The van der Waals surface area contributed by atoms with Gasteiger partial charge in [-0.05, 0) is 12.1 Å². The Labute approximate surface area is 92.5 Å². The second-order valence-corrected chi connectivity index (χ2v) is 3.98. The number of ether oxygens (including phenoxy) is 1. The Morgan fingerprint density at radius 1 is 1.40 bits per heavy atom. The molecule has 0 fully saturated rings. The SMILES string of the molecule is COc1cccc(/N=N/C2=NCCS2)c1. The lowest BCUT2D eigenvalue weighted by Crippen LogP contribution is -1.81. The van der Waals surface area contributed by atoms with Crippen LogP contribution in [0.25, 0.3) is 0 Å². The lowest BCUT2D eigenvalue weighted by Gasteiger charge is -1.98. The van der Waals surface area contributed by atoms with Gasteiger partial charge in [-0.2, -0.15) is 0 Å². The Hall–Kier alpha value is -1.36. The summed E-state index contributed by atoms with van der Waals surface area (Å²) in [6.07, 6.45) is 0. The van der Waals surface area contributed by atoms with E-state index in [0.717, 1.165) is 28.9 Å². The van der Waals surface area contributed by atoms with Crippen molar-refractivity contribution in [2.24, 2.45) is 15.2 Å². The number of azo groups is 1. The molecule has 1 aromatic rings. The molecule has 0 bridgehead atoms. The Morgan fingerprint density at radius 2 is 2.33 bits per heavy atom. The summed E-state index contributed by atoms with van der Waals surface area (Å²) in [7, 11) is 1.63. The van der Waals surface area contributed by atoms with Crippen molar-refractivity contribution in [1.29, 1.82) is 0 Å². The van der Waals surface area contributed by atoms with Crippen LogP contribution in [-0.4, -0.2) is 24.6 Å². The van der Waals surface area contributed by atoms with Gasteiger partial charge < -0.3 is 4.74 Å². The largest absolute Gasteiger partial charge is 0.497 e. The van der Waals surface area contributed by atoms with Gasteiger partial charge >= 0.3 is 0 Å². The van der Waals surface area contributed by atoms with Crippen molar-refractivity contribution in [3.8, 4) is 5.75 Å². The van der Waals surface area contributed by atoms with Crippen molar-refractivity contribution in [3.05, 3.63) is 24.3 Å². The summed E-state index contributed by atoms with van der Waals surface area (Å²) in [5.74, 6) is 1.79. The van der Waals surface area contributed by atoms with Gasteiger partial charge in [-0.15, -0.1) is 10.2 Å². The van der Waals surface area contributed by atoms with E-state index in [2.05, 4.69) is 15.2 Å². The second-order valence-electron chi connectivity index (χ2n) is 2.91. The molecule has 1 aromatic carbocycles. The van der Waals surface area contributed by atoms with Crippen LogP contribution in [0, 0.1) is 0 Å². The summed E-state index contributed by atoms with van der Waals surface area (Å²) in [6.45, 7) is 0.844. The third-order valence-electron chi connectivity index (χ3n) is 1.87. The molecular formula is C10H11N3OS. The Balaban J connectivity index is 2.09. The van der Waals surface area contributed by atoms with Gasteiger partial charge in [0.15, 0.2) is 0 Å². The van der Waals surface area contributed by atoms with Gasteiger partial charge in [0, 0.05) is 11.8 Å². The van der Waals surface area contributed by atoms with Crippen LogP contribution in [0.5, 0.6) is 5.75 Å². The second kappa shape index (κ2) is 4.93. The van der Waals surface area contributed by atoms with Gasteiger partial charge in [-0.3, -0.25) is 4.99 Å². The molecule has 0 N–H and O–H groups in total. The lowest BCUT2D eigenvalue weighted by atomic mass is 10.3. The molecule has 0 aromatic heterocycles. The van der Waals surface area contributed by atoms with Gasteiger partial charge in [0.05, 0.1) is 19.3 Å². The molecule has 4 nitrogen and oxygen atoms in total. The third kappa shape index (κ3) is 2.79. The van der Waals surface area contributed by atoms with E-state index >= 15 is 0 Å². The third-order valence-corrected chi connectivity index (χ3v) is 2.73. The summed E-state index contributed by atoms with van der Waals surface area (Å²) in [5, 5.41) is 8.90. The van der Waals surface area contributed by atoms with Crippen LogP contribution in [0.3, 0.4) is 0 Å². The zero-order valence-corrected chi connectivity index (χ0v) is 9.20. The standard InChI is InChI=1S/C10H11N3OS/c1-14-9-4-2-3-8(7-9)12-13-10-11-5-6-15-10/h2-4,7H,5-6H2,1H3/b13-12+. The van der Waals surface area contributed by atoms with Gasteiger partial charge in [-0.25, -0.2) is 0 Å². The molecule has 1 aliphatic heterocycles. The number of nitrogens with zero attached hydrogens (tertiary/aromatic N) is 3. The van der Waals surface area contributed by atoms with E-state index in [1.165, 1.54) is 0 Å². The average Bonchev–Trinajstić information content (AvgIpc) is 2.79. The fraction of sp³-hybridized carbons (Fsp3) is 0.300. The maximum atomic E-state index is 5.09. The highest BCUT2D eigenvalue weighted by Crippen LogP contribution is 2.21.